The number of hydrogen-bond donors (Lipinski definition) is 1. The van der Waals surface area contributed by atoms with Crippen LogP contribution in [0.4, 0.5) is 4.79 Å². The van der Waals surface area contributed by atoms with Gasteiger partial charge < -0.3 is 10.1 Å². The van der Waals surface area contributed by atoms with Gasteiger partial charge >= 0.3 is 6.03 Å². The summed E-state index contributed by atoms with van der Waals surface area (Å²) in [5.74, 6) is -0.194. The van der Waals surface area contributed by atoms with Crippen LogP contribution in [0, 0.1) is 0 Å². The van der Waals surface area contributed by atoms with E-state index in [0.717, 1.165) is 5.56 Å². The molecule has 2 saturated heterocycles. The summed E-state index contributed by atoms with van der Waals surface area (Å²) in [5.41, 5.74) is -0.251. The molecule has 20 heavy (non-hydrogen) atoms. The summed E-state index contributed by atoms with van der Waals surface area (Å²) in [7, 11) is 0. The normalized spacial score (nSPS) is 27.8. The Hall–Kier alpha value is -1.95. The van der Waals surface area contributed by atoms with Gasteiger partial charge in [-0.25, -0.2) is 4.79 Å². The van der Waals surface area contributed by atoms with Crippen LogP contribution in [0.15, 0.2) is 24.5 Å². The predicted octanol–water partition coefficient (Wildman–Crippen LogP) is 1.03. The Bertz CT molecular complexity index is 528. The largest absolute Gasteiger partial charge is 0.381 e. The summed E-state index contributed by atoms with van der Waals surface area (Å²) >= 11 is 0. The molecule has 106 valence electrons. The summed E-state index contributed by atoms with van der Waals surface area (Å²) in [6.07, 6.45) is 4.64. The minimum Gasteiger partial charge on any atom is -0.381 e. The van der Waals surface area contributed by atoms with E-state index in [0.29, 0.717) is 26.1 Å². The summed E-state index contributed by atoms with van der Waals surface area (Å²) in [5, 5.41) is 2.81. The first kappa shape index (κ1) is 13.1. The number of carbonyl (C=O) groups excluding carboxylic acids is 2. The molecule has 1 aromatic heterocycles. The van der Waals surface area contributed by atoms with Gasteiger partial charge in [0.15, 0.2) is 0 Å². The van der Waals surface area contributed by atoms with Crippen molar-refractivity contribution in [2.75, 3.05) is 13.2 Å². The van der Waals surface area contributed by atoms with Gasteiger partial charge in [-0.15, -0.1) is 0 Å². The van der Waals surface area contributed by atoms with Crippen LogP contribution in [0.3, 0.4) is 0 Å². The van der Waals surface area contributed by atoms with Gasteiger partial charge in [0.2, 0.25) is 0 Å². The molecule has 1 N–H and O–H groups in total. The number of nitrogens with one attached hydrogen (secondary N) is 1. The molecule has 1 atom stereocenters. The Balaban J connectivity index is 1.90. The Morgan fingerprint density at radius 1 is 1.30 bits per heavy atom. The second-order valence-electron chi connectivity index (χ2n) is 5.31. The van der Waals surface area contributed by atoms with Crippen molar-refractivity contribution in [1.29, 1.82) is 0 Å². The summed E-state index contributed by atoms with van der Waals surface area (Å²) in [4.78, 5) is 30.2. The van der Waals surface area contributed by atoms with Gasteiger partial charge in [0.05, 0.1) is 0 Å². The Morgan fingerprint density at radius 2 is 1.95 bits per heavy atom. The van der Waals surface area contributed by atoms with E-state index in [1.54, 1.807) is 31.5 Å². The number of urea groups is 1. The zero-order valence-electron chi connectivity index (χ0n) is 11.3. The Kier molecular flexibility index (Phi) is 3.17. The van der Waals surface area contributed by atoms with E-state index in [1.807, 2.05) is 0 Å². The third-order valence-corrected chi connectivity index (χ3v) is 4.04. The third-order valence-electron chi connectivity index (χ3n) is 4.04. The SMILES string of the molecule is CC1(c2ccncc2)NC(=O)N(C2CCOCC2)C1=O. The van der Waals surface area contributed by atoms with Crippen molar-refractivity contribution in [3.05, 3.63) is 30.1 Å². The standard InChI is InChI=1S/C14H17N3O3/c1-14(10-2-6-15-7-3-10)12(18)17(13(19)16-14)11-4-8-20-9-5-11/h2-3,6-7,11H,4-5,8-9H2,1H3,(H,16,19). The van der Waals surface area contributed by atoms with Gasteiger partial charge in [-0.1, -0.05) is 0 Å². The highest BCUT2D eigenvalue weighted by Gasteiger charge is 2.51. The van der Waals surface area contributed by atoms with Crippen molar-refractivity contribution in [1.82, 2.24) is 15.2 Å². The average Bonchev–Trinajstić information content (AvgIpc) is 2.72. The number of carbonyl (C=O) groups is 2. The molecule has 0 aliphatic carbocycles. The van der Waals surface area contributed by atoms with Crippen molar-refractivity contribution in [3.63, 3.8) is 0 Å². The highest BCUT2D eigenvalue weighted by atomic mass is 16.5. The molecule has 0 saturated carbocycles. The van der Waals surface area contributed by atoms with Crippen LogP contribution in [-0.2, 0) is 15.1 Å². The first-order valence-corrected chi connectivity index (χ1v) is 6.77. The fourth-order valence-corrected chi connectivity index (χ4v) is 2.82. The molecule has 0 bridgehead atoms. The van der Waals surface area contributed by atoms with Crippen molar-refractivity contribution in [2.45, 2.75) is 31.3 Å². The number of hydrogen-bond acceptors (Lipinski definition) is 4. The molecule has 6 heteroatoms. The number of pyridine rings is 1. The molecule has 0 aromatic carbocycles. The summed E-state index contributed by atoms with van der Waals surface area (Å²) in [6, 6.07) is 3.12. The quantitative estimate of drug-likeness (QED) is 0.818. The van der Waals surface area contributed by atoms with Gasteiger partial charge in [0, 0.05) is 31.6 Å². The van der Waals surface area contributed by atoms with E-state index in [4.69, 9.17) is 4.74 Å². The van der Waals surface area contributed by atoms with Crippen LogP contribution in [-0.4, -0.2) is 41.1 Å². The molecule has 1 unspecified atom stereocenters. The highest BCUT2D eigenvalue weighted by Crippen LogP contribution is 2.31. The van der Waals surface area contributed by atoms with Crippen molar-refractivity contribution < 1.29 is 14.3 Å². The van der Waals surface area contributed by atoms with Crippen LogP contribution in [0.5, 0.6) is 0 Å². The van der Waals surface area contributed by atoms with Crippen LogP contribution < -0.4 is 5.32 Å². The zero-order chi connectivity index (χ0) is 14.2. The third kappa shape index (κ3) is 1.96. The molecule has 2 aliphatic rings. The van der Waals surface area contributed by atoms with Crippen molar-refractivity contribution >= 4 is 11.9 Å². The van der Waals surface area contributed by atoms with Crippen molar-refractivity contribution in [2.24, 2.45) is 0 Å². The number of imide groups is 1. The molecule has 6 nitrogen and oxygen atoms in total. The smallest absolute Gasteiger partial charge is 0.325 e. The lowest BCUT2D eigenvalue weighted by molar-refractivity contribution is -0.133. The number of nitrogens with zero attached hydrogens (tertiary/aromatic N) is 2. The minimum atomic E-state index is -1.00. The molecule has 3 rings (SSSR count). The lowest BCUT2D eigenvalue weighted by Crippen LogP contribution is -2.45. The molecular formula is C14H17N3O3. The second-order valence-corrected chi connectivity index (χ2v) is 5.31. The minimum absolute atomic E-state index is 0.0695. The maximum atomic E-state index is 12.7. The lowest BCUT2D eigenvalue weighted by Gasteiger charge is -2.29. The molecule has 0 spiro atoms. The van der Waals surface area contributed by atoms with Crippen LogP contribution >= 0.6 is 0 Å². The molecule has 2 aliphatic heterocycles. The number of ether oxygens (including phenoxy) is 1. The topological polar surface area (TPSA) is 71.5 Å². The van der Waals surface area contributed by atoms with E-state index in [-0.39, 0.29) is 18.0 Å². The predicted molar refractivity (Wildman–Crippen MR) is 70.8 cm³/mol. The monoisotopic (exact) mass is 275 g/mol. The fraction of sp³-hybridized carbons (Fsp3) is 0.500. The van der Waals surface area contributed by atoms with Gasteiger partial charge in [-0.2, -0.15) is 0 Å². The fourth-order valence-electron chi connectivity index (χ4n) is 2.82. The van der Waals surface area contributed by atoms with E-state index < -0.39 is 5.54 Å². The van der Waals surface area contributed by atoms with Crippen molar-refractivity contribution in [3.8, 4) is 0 Å². The van der Waals surface area contributed by atoms with Gasteiger partial charge in [-0.3, -0.25) is 14.7 Å². The Labute approximate surface area is 117 Å². The number of amides is 3. The van der Waals surface area contributed by atoms with E-state index in [9.17, 15) is 9.59 Å². The first-order chi connectivity index (χ1) is 9.63. The molecule has 1 aromatic rings. The summed E-state index contributed by atoms with van der Waals surface area (Å²) in [6.45, 7) is 2.92. The molecular weight excluding hydrogens is 258 g/mol. The highest BCUT2D eigenvalue weighted by molar-refractivity contribution is 6.07. The summed E-state index contributed by atoms with van der Waals surface area (Å²) < 4.78 is 5.29. The lowest BCUT2D eigenvalue weighted by atomic mass is 9.92. The molecule has 2 fully saturated rings. The second kappa shape index (κ2) is 4.86. The van der Waals surface area contributed by atoms with Crippen LogP contribution in [0.25, 0.3) is 0 Å². The van der Waals surface area contributed by atoms with E-state index >= 15 is 0 Å². The molecule has 3 heterocycles. The first-order valence-electron chi connectivity index (χ1n) is 6.77. The maximum Gasteiger partial charge on any atom is 0.325 e. The maximum absolute atomic E-state index is 12.7. The number of aromatic nitrogens is 1. The Morgan fingerprint density at radius 3 is 2.60 bits per heavy atom. The van der Waals surface area contributed by atoms with Gasteiger partial charge in [-0.05, 0) is 37.5 Å². The number of rotatable bonds is 2. The van der Waals surface area contributed by atoms with Gasteiger partial charge in [0.25, 0.3) is 5.91 Å². The van der Waals surface area contributed by atoms with Crippen LogP contribution in [0.1, 0.15) is 25.3 Å². The molecule has 3 amide bonds. The van der Waals surface area contributed by atoms with E-state index in [2.05, 4.69) is 10.3 Å². The molecule has 0 radical (unpaired) electrons. The zero-order valence-corrected chi connectivity index (χ0v) is 11.3. The van der Waals surface area contributed by atoms with Gasteiger partial charge in [0.1, 0.15) is 5.54 Å². The van der Waals surface area contributed by atoms with E-state index in [1.165, 1.54) is 4.90 Å². The van der Waals surface area contributed by atoms with Crippen LogP contribution in [0.2, 0.25) is 0 Å². The average molecular weight is 275 g/mol.